The highest BCUT2D eigenvalue weighted by Crippen LogP contribution is 2.41. The van der Waals surface area contributed by atoms with Gasteiger partial charge in [-0.3, -0.25) is 9.69 Å². The third kappa shape index (κ3) is 3.08. The fourth-order valence-corrected chi connectivity index (χ4v) is 3.97. The number of benzene rings is 1. The summed E-state index contributed by atoms with van der Waals surface area (Å²) in [5.74, 6) is 0.955. The zero-order valence-corrected chi connectivity index (χ0v) is 14.1. The molecule has 126 valence electrons. The van der Waals surface area contributed by atoms with Crippen LogP contribution in [0, 0.1) is 0 Å². The Morgan fingerprint density at radius 2 is 2.04 bits per heavy atom. The molecule has 23 heavy (non-hydrogen) atoms. The van der Waals surface area contributed by atoms with E-state index in [0.717, 1.165) is 37.5 Å². The maximum absolute atomic E-state index is 12.7. The predicted molar refractivity (Wildman–Crippen MR) is 90.0 cm³/mol. The van der Waals surface area contributed by atoms with Crippen LogP contribution < -0.4 is 9.64 Å². The number of piperidine rings is 1. The lowest BCUT2D eigenvalue weighted by molar-refractivity contribution is -0.118. The predicted octanol–water partition coefficient (Wildman–Crippen LogP) is 2.30. The van der Waals surface area contributed by atoms with Gasteiger partial charge >= 0.3 is 0 Å². The van der Waals surface area contributed by atoms with Gasteiger partial charge in [-0.2, -0.15) is 0 Å². The summed E-state index contributed by atoms with van der Waals surface area (Å²) >= 11 is 0. The Hall–Kier alpha value is -1.59. The molecule has 0 aliphatic carbocycles. The molecule has 5 heteroatoms. The van der Waals surface area contributed by atoms with Crippen molar-refractivity contribution in [3.05, 3.63) is 24.3 Å². The largest absolute Gasteiger partial charge is 0.495 e. The van der Waals surface area contributed by atoms with Crippen LogP contribution in [0.3, 0.4) is 0 Å². The van der Waals surface area contributed by atoms with Crippen molar-refractivity contribution in [2.45, 2.75) is 31.2 Å². The molecule has 2 aliphatic heterocycles. The van der Waals surface area contributed by atoms with E-state index in [2.05, 4.69) is 4.90 Å². The fraction of sp³-hybridized carbons (Fsp3) is 0.611. The van der Waals surface area contributed by atoms with Crippen LogP contribution in [-0.2, 0) is 9.53 Å². The topological polar surface area (TPSA) is 42.0 Å². The molecule has 2 saturated heterocycles. The molecule has 1 aromatic rings. The van der Waals surface area contributed by atoms with Gasteiger partial charge in [-0.25, -0.2) is 0 Å². The minimum Gasteiger partial charge on any atom is -0.495 e. The smallest absolute Gasteiger partial charge is 0.229 e. The molecule has 0 radical (unpaired) electrons. The Morgan fingerprint density at radius 1 is 1.22 bits per heavy atom. The van der Waals surface area contributed by atoms with E-state index in [9.17, 15) is 4.79 Å². The SMILES string of the molecule is COCCN1CCCC[C@@]12CC(=O)N(c1ccccc1OC)C2. The number of rotatable bonds is 5. The maximum atomic E-state index is 12.7. The zero-order chi connectivity index (χ0) is 16.3. The number of hydrogen-bond donors (Lipinski definition) is 0. The molecule has 2 fully saturated rings. The lowest BCUT2D eigenvalue weighted by Gasteiger charge is -2.44. The first-order chi connectivity index (χ1) is 11.2. The molecule has 1 amide bonds. The Bertz CT molecular complexity index is 563. The van der Waals surface area contributed by atoms with E-state index in [4.69, 9.17) is 9.47 Å². The van der Waals surface area contributed by atoms with Crippen LogP contribution in [0.15, 0.2) is 24.3 Å². The summed E-state index contributed by atoms with van der Waals surface area (Å²) in [7, 11) is 3.39. The van der Waals surface area contributed by atoms with E-state index in [1.165, 1.54) is 12.8 Å². The summed E-state index contributed by atoms with van der Waals surface area (Å²) in [6.07, 6.45) is 4.06. The van der Waals surface area contributed by atoms with Gasteiger partial charge in [0.15, 0.2) is 0 Å². The molecule has 5 nitrogen and oxygen atoms in total. The number of anilines is 1. The highest BCUT2D eigenvalue weighted by Gasteiger charge is 2.48. The van der Waals surface area contributed by atoms with Gasteiger partial charge in [-0.05, 0) is 31.5 Å². The minimum absolute atomic E-state index is 0.0469. The highest BCUT2D eigenvalue weighted by atomic mass is 16.5. The van der Waals surface area contributed by atoms with E-state index >= 15 is 0 Å². The first-order valence-corrected chi connectivity index (χ1v) is 8.37. The van der Waals surface area contributed by atoms with Crippen LogP contribution in [0.4, 0.5) is 5.69 Å². The molecule has 3 rings (SSSR count). The molecule has 1 atom stereocenters. The van der Waals surface area contributed by atoms with Crippen LogP contribution in [0.1, 0.15) is 25.7 Å². The molecule has 0 bridgehead atoms. The van der Waals surface area contributed by atoms with Gasteiger partial charge in [-0.15, -0.1) is 0 Å². The van der Waals surface area contributed by atoms with Crippen molar-refractivity contribution in [2.75, 3.05) is 45.4 Å². The number of amides is 1. The average Bonchev–Trinajstić information content (AvgIpc) is 2.91. The summed E-state index contributed by atoms with van der Waals surface area (Å²) in [4.78, 5) is 17.1. The Balaban J connectivity index is 1.85. The van der Waals surface area contributed by atoms with Gasteiger partial charge in [0.2, 0.25) is 5.91 Å². The van der Waals surface area contributed by atoms with Crippen molar-refractivity contribution in [3.8, 4) is 5.75 Å². The van der Waals surface area contributed by atoms with Gasteiger partial charge in [-0.1, -0.05) is 18.6 Å². The quantitative estimate of drug-likeness (QED) is 0.835. The molecule has 0 saturated carbocycles. The summed E-state index contributed by atoms with van der Waals surface area (Å²) in [5, 5.41) is 0. The normalized spacial score (nSPS) is 25.3. The summed E-state index contributed by atoms with van der Waals surface area (Å²) in [5.41, 5.74) is 0.837. The number of carbonyl (C=O) groups excluding carboxylic acids is 1. The van der Waals surface area contributed by atoms with E-state index in [1.54, 1.807) is 14.2 Å². The lowest BCUT2D eigenvalue weighted by atomic mass is 9.85. The number of nitrogens with zero attached hydrogens (tertiary/aromatic N) is 2. The molecule has 2 heterocycles. The number of hydrogen-bond acceptors (Lipinski definition) is 4. The Kier molecular flexibility index (Phi) is 4.87. The highest BCUT2D eigenvalue weighted by molar-refractivity contribution is 5.98. The zero-order valence-electron chi connectivity index (χ0n) is 14.1. The minimum atomic E-state index is -0.0469. The van der Waals surface area contributed by atoms with Crippen molar-refractivity contribution in [1.82, 2.24) is 4.90 Å². The van der Waals surface area contributed by atoms with E-state index in [1.807, 2.05) is 29.2 Å². The molecule has 2 aliphatic rings. The van der Waals surface area contributed by atoms with Gasteiger partial charge in [0.25, 0.3) is 0 Å². The Morgan fingerprint density at radius 3 is 2.83 bits per heavy atom. The molecule has 0 unspecified atom stereocenters. The van der Waals surface area contributed by atoms with Crippen molar-refractivity contribution in [3.63, 3.8) is 0 Å². The second-order valence-corrected chi connectivity index (χ2v) is 6.49. The molecular weight excluding hydrogens is 292 g/mol. The van der Waals surface area contributed by atoms with Crippen molar-refractivity contribution in [2.24, 2.45) is 0 Å². The summed E-state index contributed by atoms with van der Waals surface area (Å²) in [6, 6.07) is 7.78. The number of para-hydroxylation sites is 2. The van der Waals surface area contributed by atoms with Crippen LogP contribution in [0.25, 0.3) is 0 Å². The van der Waals surface area contributed by atoms with E-state index < -0.39 is 0 Å². The molecule has 0 N–H and O–H groups in total. The van der Waals surface area contributed by atoms with Crippen molar-refractivity contribution < 1.29 is 14.3 Å². The number of likely N-dealkylation sites (tertiary alicyclic amines) is 1. The number of methoxy groups -OCH3 is 2. The summed E-state index contributed by atoms with van der Waals surface area (Å²) in [6.45, 7) is 3.40. The number of ether oxygens (including phenoxy) is 2. The maximum Gasteiger partial charge on any atom is 0.229 e. The van der Waals surface area contributed by atoms with Gasteiger partial charge < -0.3 is 14.4 Å². The molecule has 1 spiro atoms. The number of carbonyl (C=O) groups is 1. The van der Waals surface area contributed by atoms with E-state index in [0.29, 0.717) is 13.0 Å². The third-order valence-electron chi connectivity index (χ3n) is 5.17. The summed E-state index contributed by atoms with van der Waals surface area (Å²) < 4.78 is 10.7. The van der Waals surface area contributed by atoms with Crippen LogP contribution in [0.5, 0.6) is 5.75 Å². The second kappa shape index (κ2) is 6.89. The lowest BCUT2D eigenvalue weighted by Crippen LogP contribution is -2.54. The Labute approximate surface area is 138 Å². The van der Waals surface area contributed by atoms with Crippen LogP contribution in [0.2, 0.25) is 0 Å². The standard InChI is InChI=1S/C18H26N2O3/c1-22-12-11-19-10-6-5-9-18(19)13-17(21)20(14-18)15-7-3-4-8-16(15)23-2/h3-4,7-8H,5-6,9-14H2,1-2H3/t18-/m0/s1. The fourth-order valence-electron chi connectivity index (χ4n) is 3.97. The second-order valence-electron chi connectivity index (χ2n) is 6.49. The van der Waals surface area contributed by atoms with Gasteiger partial charge in [0, 0.05) is 32.2 Å². The van der Waals surface area contributed by atoms with E-state index in [-0.39, 0.29) is 11.4 Å². The molecule has 0 aromatic heterocycles. The average molecular weight is 318 g/mol. The van der Waals surface area contributed by atoms with Gasteiger partial charge in [0.1, 0.15) is 5.75 Å². The van der Waals surface area contributed by atoms with Crippen LogP contribution in [-0.4, -0.2) is 56.8 Å². The monoisotopic (exact) mass is 318 g/mol. The van der Waals surface area contributed by atoms with Crippen LogP contribution >= 0.6 is 0 Å². The first kappa shape index (κ1) is 16.3. The first-order valence-electron chi connectivity index (χ1n) is 8.37. The van der Waals surface area contributed by atoms with Crippen molar-refractivity contribution in [1.29, 1.82) is 0 Å². The van der Waals surface area contributed by atoms with Gasteiger partial charge in [0.05, 0.1) is 19.4 Å². The van der Waals surface area contributed by atoms with Crippen molar-refractivity contribution >= 4 is 11.6 Å². The third-order valence-corrected chi connectivity index (χ3v) is 5.17. The molecule has 1 aromatic carbocycles. The molecular formula is C18H26N2O3.